The lowest BCUT2D eigenvalue weighted by atomic mass is 10.1. The molecule has 1 aromatic carbocycles. The van der Waals surface area contributed by atoms with Gasteiger partial charge in [-0.15, -0.1) is 11.8 Å². The van der Waals surface area contributed by atoms with Crippen LogP contribution in [0.1, 0.15) is 18.9 Å². The SMILES string of the molecule is Cc1ccccc1SCC(=O)NCC(C)CC(=O)O. The molecule has 0 saturated carbocycles. The molecule has 0 saturated heterocycles. The van der Waals surface area contributed by atoms with E-state index in [1.54, 1.807) is 0 Å². The second-order valence-electron chi connectivity index (χ2n) is 4.56. The van der Waals surface area contributed by atoms with Crippen LogP contribution in [0.5, 0.6) is 0 Å². The molecule has 0 radical (unpaired) electrons. The minimum absolute atomic E-state index is 0.0510. The number of aryl methyl sites for hydroxylation is 1. The molecule has 1 atom stereocenters. The van der Waals surface area contributed by atoms with Gasteiger partial charge in [-0.3, -0.25) is 9.59 Å². The molecule has 1 rings (SSSR count). The Morgan fingerprint density at radius 3 is 2.68 bits per heavy atom. The van der Waals surface area contributed by atoms with Crippen LogP contribution in [0.15, 0.2) is 29.2 Å². The lowest BCUT2D eigenvalue weighted by molar-refractivity contribution is -0.138. The third kappa shape index (κ3) is 6.29. The Hall–Kier alpha value is -1.49. The fraction of sp³-hybridized carbons (Fsp3) is 0.429. The molecule has 0 aliphatic rings. The molecule has 5 heteroatoms. The molecular weight excluding hydrogens is 262 g/mol. The van der Waals surface area contributed by atoms with Crippen molar-refractivity contribution in [3.8, 4) is 0 Å². The van der Waals surface area contributed by atoms with E-state index in [2.05, 4.69) is 5.32 Å². The number of carboxylic acids is 1. The Kier molecular flexibility index (Phi) is 6.42. The van der Waals surface area contributed by atoms with Gasteiger partial charge in [0.05, 0.1) is 5.75 Å². The van der Waals surface area contributed by atoms with Gasteiger partial charge in [-0.1, -0.05) is 25.1 Å². The van der Waals surface area contributed by atoms with Gasteiger partial charge in [-0.05, 0) is 24.5 Å². The maximum Gasteiger partial charge on any atom is 0.303 e. The van der Waals surface area contributed by atoms with Gasteiger partial charge < -0.3 is 10.4 Å². The average Bonchev–Trinajstić information content (AvgIpc) is 2.34. The van der Waals surface area contributed by atoms with Crippen LogP contribution in [-0.4, -0.2) is 29.3 Å². The third-order valence-corrected chi connectivity index (χ3v) is 3.80. The van der Waals surface area contributed by atoms with Crippen molar-refractivity contribution in [3.63, 3.8) is 0 Å². The maximum absolute atomic E-state index is 11.6. The first-order chi connectivity index (χ1) is 8.99. The van der Waals surface area contributed by atoms with Gasteiger partial charge in [0.25, 0.3) is 0 Å². The lowest BCUT2D eigenvalue weighted by Crippen LogP contribution is -2.30. The van der Waals surface area contributed by atoms with Crippen LogP contribution in [0.25, 0.3) is 0 Å². The van der Waals surface area contributed by atoms with Gasteiger partial charge in [0.15, 0.2) is 0 Å². The maximum atomic E-state index is 11.6. The molecule has 0 heterocycles. The number of carbonyl (C=O) groups is 2. The van der Waals surface area contributed by atoms with Crippen molar-refractivity contribution in [2.24, 2.45) is 5.92 Å². The monoisotopic (exact) mass is 281 g/mol. The molecule has 1 unspecified atom stereocenters. The van der Waals surface area contributed by atoms with Crippen molar-refractivity contribution in [2.45, 2.75) is 25.2 Å². The first-order valence-corrected chi connectivity index (χ1v) is 7.14. The first-order valence-electron chi connectivity index (χ1n) is 6.16. The highest BCUT2D eigenvalue weighted by Crippen LogP contribution is 2.21. The number of hydrogen-bond donors (Lipinski definition) is 2. The van der Waals surface area contributed by atoms with E-state index in [0.29, 0.717) is 12.3 Å². The van der Waals surface area contributed by atoms with Gasteiger partial charge in [-0.25, -0.2) is 0 Å². The predicted octanol–water partition coefficient (Wildman–Crippen LogP) is 2.31. The average molecular weight is 281 g/mol. The zero-order valence-corrected chi connectivity index (χ0v) is 12.0. The second kappa shape index (κ2) is 7.84. The topological polar surface area (TPSA) is 66.4 Å². The molecule has 0 aliphatic carbocycles. The van der Waals surface area contributed by atoms with E-state index in [4.69, 9.17) is 5.11 Å². The summed E-state index contributed by atoms with van der Waals surface area (Å²) in [5.74, 6) is -0.601. The van der Waals surface area contributed by atoms with E-state index in [1.807, 2.05) is 38.1 Å². The van der Waals surface area contributed by atoms with Gasteiger partial charge in [0.1, 0.15) is 0 Å². The van der Waals surface area contributed by atoms with Crippen molar-refractivity contribution < 1.29 is 14.7 Å². The van der Waals surface area contributed by atoms with E-state index in [1.165, 1.54) is 11.8 Å². The quantitative estimate of drug-likeness (QED) is 0.753. The summed E-state index contributed by atoms with van der Waals surface area (Å²) in [6.07, 6.45) is 0.0746. The van der Waals surface area contributed by atoms with Crippen molar-refractivity contribution in [1.29, 1.82) is 0 Å². The van der Waals surface area contributed by atoms with E-state index in [0.717, 1.165) is 10.5 Å². The Bertz CT molecular complexity index is 448. The number of aliphatic carboxylic acids is 1. The van der Waals surface area contributed by atoms with E-state index < -0.39 is 5.97 Å². The van der Waals surface area contributed by atoms with Gasteiger partial charge in [0.2, 0.25) is 5.91 Å². The van der Waals surface area contributed by atoms with Gasteiger partial charge in [0, 0.05) is 17.9 Å². The Morgan fingerprint density at radius 2 is 2.05 bits per heavy atom. The predicted molar refractivity (Wildman–Crippen MR) is 76.3 cm³/mol. The van der Waals surface area contributed by atoms with Crippen LogP contribution in [0.3, 0.4) is 0 Å². The first kappa shape index (κ1) is 15.6. The molecule has 0 fully saturated rings. The van der Waals surface area contributed by atoms with Crippen molar-refractivity contribution >= 4 is 23.6 Å². The number of nitrogens with one attached hydrogen (secondary N) is 1. The molecule has 19 heavy (non-hydrogen) atoms. The highest BCUT2D eigenvalue weighted by Gasteiger charge is 2.10. The number of carbonyl (C=O) groups excluding carboxylic acids is 1. The van der Waals surface area contributed by atoms with Crippen molar-refractivity contribution in [2.75, 3.05) is 12.3 Å². The summed E-state index contributed by atoms with van der Waals surface area (Å²) in [4.78, 5) is 23.2. The molecule has 104 valence electrons. The lowest BCUT2D eigenvalue weighted by Gasteiger charge is -2.10. The van der Waals surface area contributed by atoms with Crippen LogP contribution in [0.4, 0.5) is 0 Å². The Balaban J connectivity index is 2.29. The Labute approximate surface area is 117 Å². The number of hydrogen-bond acceptors (Lipinski definition) is 3. The van der Waals surface area contributed by atoms with Crippen molar-refractivity contribution in [3.05, 3.63) is 29.8 Å². The summed E-state index contributed by atoms with van der Waals surface area (Å²) < 4.78 is 0. The summed E-state index contributed by atoms with van der Waals surface area (Å²) in [7, 11) is 0. The van der Waals surface area contributed by atoms with E-state index in [9.17, 15) is 9.59 Å². The summed E-state index contributed by atoms with van der Waals surface area (Å²) in [5, 5.41) is 11.4. The smallest absolute Gasteiger partial charge is 0.303 e. The van der Waals surface area contributed by atoms with Crippen molar-refractivity contribution in [1.82, 2.24) is 5.32 Å². The summed E-state index contributed by atoms with van der Waals surface area (Å²) in [6, 6.07) is 7.91. The molecule has 1 aromatic rings. The highest BCUT2D eigenvalue weighted by atomic mass is 32.2. The van der Waals surface area contributed by atoms with E-state index in [-0.39, 0.29) is 18.2 Å². The van der Waals surface area contributed by atoms with Crippen LogP contribution >= 0.6 is 11.8 Å². The largest absolute Gasteiger partial charge is 0.481 e. The number of rotatable bonds is 7. The molecule has 1 amide bonds. The molecular formula is C14H19NO3S. The summed E-state index contributed by atoms with van der Waals surface area (Å²) in [6.45, 7) is 4.22. The molecule has 0 spiro atoms. The minimum Gasteiger partial charge on any atom is -0.481 e. The fourth-order valence-corrected chi connectivity index (χ4v) is 2.43. The zero-order chi connectivity index (χ0) is 14.3. The molecule has 4 nitrogen and oxygen atoms in total. The van der Waals surface area contributed by atoms with Crippen LogP contribution in [0, 0.1) is 12.8 Å². The van der Waals surface area contributed by atoms with E-state index >= 15 is 0 Å². The highest BCUT2D eigenvalue weighted by molar-refractivity contribution is 8.00. The molecule has 0 bridgehead atoms. The molecule has 0 aromatic heterocycles. The minimum atomic E-state index is -0.837. The van der Waals surface area contributed by atoms with Gasteiger partial charge >= 0.3 is 5.97 Å². The molecule has 2 N–H and O–H groups in total. The van der Waals surface area contributed by atoms with Crippen LogP contribution in [0.2, 0.25) is 0 Å². The normalized spacial score (nSPS) is 11.9. The van der Waals surface area contributed by atoms with Crippen LogP contribution < -0.4 is 5.32 Å². The Morgan fingerprint density at radius 1 is 1.37 bits per heavy atom. The zero-order valence-electron chi connectivity index (χ0n) is 11.2. The van der Waals surface area contributed by atoms with Gasteiger partial charge in [-0.2, -0.15) is 0 Å². The molecule has 0 aliphatic heterocycles. The number of benzene rings is 1. The fourth-order valence-electron chi connectivity index (χ4n) is 1.57. The number of carboxylic acid groups (broad SMARTS) is 1. The standard InChI is InChI=1S/C14H19NO3S/c1-10(7-14(17)18)8-15-13(16)9-19-12-6-4-3-5-11(12)2/h3-6,10H,7-9H2,1-2H3,(H,15,16)(H,17,18). The third-order valence-electron chi connectivity index (χ3n) is 2.62. The van der Waals surface area contributed by atoms with Crippen LogP contribution in [-0.2, 0) is 9.59 Å². The number of thioether (sulfide) groups is 1. The second-order valence-corrected chi connectivity index (χ2v) is 5.58. The summed E-state index contributed by atoms with van der Waals surface area (Å²) >= 11 is 1.49. The number of amides is 1. The summed E-state index contributed by atoms with van der Waals surface area (Å²) in [5.41, 5.74) is 1.15.